The van der Waals surface area contributed by atoms with Gasteiger partial charge in [-0.05, 0) is 0 Å². The first-order valence-electron chi connectivity index (χ1n) is 5.33. The summed E-state index contributed by atoms with van der Waals surface area (Å²) in [6, 6.07) is 17.1. The molecule has 0 aliphatic rings. The average molecular weight is 384 g/mol. The summed E-state index contributed by atoms with van der Waals surface area (Å²) in [5, 5.41) is 0. The van der Waals surface area contributed by atoms with E-state index in [-0.39, 0.29) is 0 Å². The van der Waals surface area contributed by atoms with Crippen molar-refractivity contribution >= 4 is 30.5 Å². The molecule has 0 saturated carbocycles. The molecule has 0 atom stereocenters. The minimum absolute atomic E-state index is 0.416. The third kappa shape index (κ3) is 5.07. The quantitative estimate of drug-likeness (QED) is 0.714. The summed E-state index contributed by atoms with van der Waals surface area (Å²) >= 11 is -6.64. The van der Waals surface area contributed by atoms with E-state index < -0.39 is 30.5 Å². The third-order valence-corrected chi connectivity index (χ3v) is 6.96. The molecule has 0 bridgehead atoms. The fourth-order valence-electron chi connectivity index (χ4n) is 1.22. The number of hydrogen-bond donors (Lipinski definition) is 0. The molecule has 0 aliphatic heterocycles. The topological polar surface area (TPSA) is 61.8 Å². The maximum atomic E-state index is 11.6. The van der Waals surface area contributed by atoms with Crippen LogP contribution >= 0.6 is 0 Å². The maximum absolute atomic E-state index is 11.6. The van der Waals surface area contributed by atoms with E-state index in [9.17, 15) is 7.48 Å². The summed E-state index contributed by atoms with van der Waals surface area (Å²) in [4.78, 5) is 0. The van der Waals surface area contributed by atoms with Gasteiger partial charge in [-0.15, -0.1) is 0 Å². The van der Waals surface area contributed by atoms with E-state index in [2.05, 4.69) is 0 Å². The average Bonchev–Trinajstić information content (AvgIpc) is 2.40. The molecule has 0 spiro atoms. The van der Waals surface area contributed by atoms with Crippen LogP contribution in [0.25, 0.3) is 0 Å². The second-order valence-electron chi connectivity index (χ2n) is 3.34. The van der Waals surface area contributed by atoms with Crippen molar-refractivity contribution in [2.45, 2.75) is 0 Å². The van der Waals surface area contributed by atoms with Crippen molar-refractivity contribution in [3.05, 3.63) is 60.7 Å². The Morgan fingerprint density at radius 3 is 1.37 bits per heavy atom. The van der Waals surface area contributed by atoms with Crippen molar-refractivity contribution in [2.75, 3.05) is 0 Å². The molecule has 5 nitrogen and oxygen atoms in total. The Labute approximate surface area is 120 Å². The molecule has 0 N–H and O–H groups in total. The molecular formula is C12H10As2O5. The fraction of sp³-hybridized carbons (Fsp3) is 0. The van der Waals surface area contributed by atoms with Crippen LogP contribution in [-0.4, -0.2) is 30.5 Å². The Hall–Kier alpha value is -1.28. The van der Waals surface area contributed by atoms with Gasteiger partial charge in [-0.1, -0.05) is 0 Å². The molecule has 0 aromatic heterocycles. The molecule has 2 radical (unpaired) electrons. The van der Waals surface area contributed by atoms with E-state index in [1.165, 1.54) is 0 Å². The SMILES string of the molecule is O=[As](Oc1ccccc1)O[As](=O)Oc1ccccc1. The number of hydrogen-bond acceptors (Lipinski definition) is 5. The van der Waals surface area contributed by atoms with Crippen LogP contribution in [-0.2, 0) is 10.2 Å². The molecule has 2 aromatic rings. The molecule has 0 heterocycles. The van der Waals surface area contributed by atoms with Crippen LogP contribution in [0.5, 0.6) is 11.5 Å². The molecule has 0 fully saturated rings. The molecular weight excluding hydrogens is 374 g/mol. The molecule has 19 heavy (non-hydrogen) atoms. The Morgan fingerprint density at radius 1 is 0.632 bits per heavy atom. The number of rotatable bonds is 6. The molecule has 0 unspecified atom stereocenters. The van der Waals surface area contributed by atoms with Gasteiger partial charge in [-0.2, -0.15) is 0 Å². The van der Waals surface area contributed by atoms with Gasteiger partial charge in [0.2, 0.25) is 0 Å². The first-order valence-corrected chi connectivity index (χ1v) is 9.92. The van der Waals surface area contributed by atoms with E-state index in [0.29, 0.717) is 11.5 Å². The van der Waals surface area contributed by atoms with Gasteiger partial charge >= 0.3 is 120 Å². The van der Waals surface area contributed by atoms with Gasteiger partial charge in [0.25, 0.3) is 0 Å². The van der Waals surface area contributed by atoms with E-state index in [1.807, 2.05) is 0 Å². The van der Waals surface area contributed by atoms with Gasteiger partial charge in [-0.25, -0.2) is 0 Å². The van der Waals surface area contributed by atoms with Crippen LogP contribution in [0.3, 0.4) is 0 Å². The van der Waals surface area contributed by atoms with Gasteiger partial charge in [0, 0.05) is 0 Å². The van der Waals surface area contributed by atoms with Crippen LogP contribution in [0.2, 0.25) is 0 Å². The summed E-state index contributed by atoms with van der Waals surface area (Å²) in [7, 11) is 0. The summed E-state index contributed by atoms with van der Waals surface area (Å²) < 4.78 is 38.0. The van der Waals surface area contributed by atoms with Crippen LogP contribution in [0.1, 0.15) is 0 Å². The summed E-state index contributed by atoms with van der Waals surface area (Å²) in [5.74, 6) is 0.833. The van der Waals surface area contributed by atoms with E-state index in [0.717, 1.165) is 0 Å². The molecule has 2 rings (SSSR count). The molecule has 0 saturated heterocycles. The first-order chi connectivity index (χ1) is 9.24. The third-order valence-electron chi connectivity index (χ3n) is 1.98. The van der Waals surface area contributed by atoms with Crippen molar-refractivity contribution < 1.29 is 17.6 Å². The van der Waals surface area contributed by atoms with Crippen molar-refractivity contribution in [3.8, 4) is 11.5 Å². The molecule has 0 amide bonds. The van der Waals surface area contributed by atoms with Crippen molar-refractivity contribution in [1.82, 2.24) is 0 Å². The Kier molecular flexibility index (Phi) is 5.46. The molecule has 0 aliphatic carbocycles. The number of benzene rings is 2. The van der Waals surface area contributed by atoms with Gasteiger partial charge in [-0.3, -0.25) is 0 Å². The number of para-hydroxylation sites is 2. The second-order valence-corrected chi connectivity index (χ2v) is 8.10. The van der Waals surface area contributed by atoms with E-state index >= 15 is 0 Å². The summed E-state index contributed by atoms with van der Waals surface area (Å²) in [5.41, 5.74) is 0. The van der Waals surface area contributed by atoms with Crippen LogP contribution in [0, 0.1) is 0 Å². The predicted molar refractivity (Wildman–Crippen MR) is 68.1 cm³/mol. The van der Waals surface area contributed by atoms with Crippen LogP contribution in [0.4, 0.5) is 0 Å². The van der Waals surface area contributed by atoms with Gasteiger partial charge in [0.1, 0.15) is 0 Å². The molecule has 98 valence electrons. The van der Waals surface area contributed by atoms with Gasteiger partial charge in [0.15, 0.2) is 0 Å². The zero-order valence-electron chi connectivity index (χ0n) is 9.71. The summed E-state index contributed by atoms with van der Waals surface area (Å²) in [6.07, 6.45) is 0. The molecule has 2 aromatic carbocycles. The normalized spacial score (nSPS) is 11.6. The minimum atomic E-state index is -3.32. The van der Waals surface area contributed by atoms with Crippen LogP contribution in [0.15, 0.2) is 60.7 Å². The van der Waals surface area contributed by atoms with E-state index in [4.69, 9.17) is 10.2 Å². The Morgan fingerprint density at radius 2 is 1.00 bits per heavy atom. The first kappa shape index (κ1) is 14.1. The Balaban J connectivity index is 1.84. The van der Waals surface area contributed by atoms with Crippen molar-refractivity contribution in [2.24, 2.45) is 0 Å². The van der Waals surface area contributed by atoms with E-state index in [1.54, 1.807) is 60.7 Å². The Bertz CT molecular complexity index is 507. The fourth-order valence-corrected chi connectivity index (χ4v) is 4.74. The zero-order chi connectivity index (χ0) is 13.5. The van der Waals surface area contributed by atoms with Crippen molar-refractivity contribution in [3.63, 3.8) is 0 Å². The van der Waals surface area contributed by atoms with Gasteiger partial charge in [0.05, 0.1) is 0 Å². The summed E-state index contributed by atoms with van der Waals surface area (Å²) in [6.45, 7) is 0. The second kappa shape index (κ2) is 7.34. The predicted octanol–water partition coefficient (Wildman–Crippen LogP) is 1.99. The zero-order valence-corrected chi connectivity index (χ0v) is 13.5. The standard InChI is InChI=1S/C12H10As2O5/c15-13(17-11-7-3-1-4-8-11)19-14(16)18-12-9-5-2-6-10-12/h1-10H. The van der Waals surface area contributed by atoms with Crippen LogP contribution < -0.4 is 7.45 Å². The molecule has 7 heteroatoms. The van der Waals surface area contributed by atoms with Gasteiger partial charge < -0.3 is 0 Å². The van der Waals surface area contributed by atoms with Crippen molar-refractivity contribution in [1.29, 1.82) is 0 Å². The monoisotopic (exact) mass is 384 g/mol.